The van der Waals surface area contributed by atoms with Gasteiger partial charge in [-0.1, -0.05) is 5.16 Å². The Balaban J connectivity index is 1.71. The first-order chi connectivity index (χ1) is 12.8. The molecule has 1 N–H and O–H groups in total. The Hall–Kier alpha value is -2.91. The smallest absolute Gasteiger partial charge is 0.337 e. The van der Waals surface area contributed by atoms with Crippen molar-refractivity contribution in [2.45, 2.75) is 31.9 Å². The number of rotatable bonds is 2. The van der Waals surface area contributed by atoms with E-state index in [0.717, 1.165) is 6.07 Å². The zero-order valence-electron chi connectivity index (χ0n) is 14.4. The van der Waals surface area contributed by atoms with Gasteiger partial charge in [0.05, 0.1) is 16.6 Å². The number of halogens is 3. The molecule has 142 valence electrons. The van der Waals surface area contributed by atoms with Gasteiger partial charge >= 0.3 is 6.18 Å². The molecule has 0 saturated carbocycles. The molecule has 0 radical (unpaired) electrons. The van der Waals surface area contributed by atoms with Gasteiger partial charge in [0.15, 0.2) is 0 Å². The van der Waals surface area contributed by atoms with Crippen molar-refractivity contribution in [3.8, 4) is 0 Å². The maximum absolute atomic E-state index is 13.5. The molecule has 3 aromatic rings. The highest BCUT2D eigenvalue weighted by atomic mass is 19.4. The lowest BCUT2D eigenvalue weighted by Gasteiger charge is -2.31. The van der Waals surface area contributed by atoms with Gasteiger partial charge in [-0.05, 0) is 31.9 Å². The van der Waals surface area contributed by atoms with E-state index in [2.05, 4.69) is 20.3 Å². The fraction of sp³-hybridized carbons (Fsp3) is 0.412. The lowest BCUT2D eigenvalue weighted by Crippen LogP contribution is -2.39. The number of carbonyl (C=O) groups is 1. The molecule has 4 heterocycles. The minimum Gasteiger partial charge on any atom is -0.337 e. The third-order valence-electron chi connectivity index (χ3n) is 4.73. The standard InChI is InChI=1S/C17H16F3N5O2/c1-9-7-11(17(18,19)20)13-14(24-27-15(13)22-9)10-3-2-6-25(8-10)16(26)12-4-5-21-23-12/h4-5,7,10H,2-3,6,8H2,1H3,(H,21,23)/t10-/m1/s1. The van der Waals surface area contributed by atoms with Crippen molar-refractivity contribution in [1.82, 2.24) is 25.2 Å². The fourth-order valence-electron chi connectivity index (χ4n) is 3.53. The molecule has 1 aliphatic heterocycles. The van der Waals surface area contributed by atoms with E-state index < -0.39 is 11.7 Å². The van der Waals surface area contributed by atoms with E-state index in [4.69, 9.17) is 4.52 Å². The van der Waals surface area contributed by atoms with Crippen molar-refractivity contribution in [1.29, 1.82) is 0 Å². The van der Waals surface area contributed by atoms with Gasteiger partial charge < -0.3 is 9.42 Å². The molecule has 10 heteroatoms. The number of aromatic amines is 1. The second-order valence-electron chi connectivity index (χ2n) is 6.62. The van der Waals surface area contributed by atoms with Gasteiger partial charge in [0.1, 0.15) is 5.69 Å². The average Bonchev–Trinajstić information content (AvgIpc) is 3.29. The van der Waals surface area contributed by atoms with Crippen LogP contribution in [0.1, 0.15) is 46.2 Å². The zero-order chi connectivity index (χ0) is 19.2. The highest BCUT2D eigenvalue weighted by Crippen LogP contribution is 2.40. The molecule has 7 nitrogen and oxygen atoms in total. The first kappa shape index (κ1) is 17.5. The molecule has 1 saturated heterocycles. The van der Waals surface area contributed by atoms with E-state index >= 15 is 0 Å². The molecule has 0 unspecified atom stereocenters. The molecule has 0 aromatic carbocycles. The van der Waals surface area contributed by atoms with Crippen LogP contribution in [-0.2, 0) is 6.18 Å². The molecule has 0 aliphatic carbocycles. The first-order valence-corrected chi connectivity index (χ1v) is 8.47. The number of carbonyl (C=O) groups excluding carboxylic acids is 1. The van der Waals surface area contributed by atoms with Crippen molar-refractivity contribution in [2.75, 3.05) is 13.1 Å². The Morgan fingerprint density at radius 2 is 2.22 bits per heavy atom. The molecule has 4 rings (SSSR count). The third-order valence-corrected chi connectivity index (χ3v) is 4.73. The molecular formula is C17H16F3N5O2. The number of pyridine rings is 1. The van der Waals surface area contributed by atoms with Crippen LogP contribution in [0.5, 0.6) is 0 Å². The van der Waals surface area contributed by atoms with Crippen LogP contribution in [0.2, 0.25) is 0 Å². The SMILES string of the molecule is Cc1cc(C(F)(F)F)c2c([C@@H]3CCCN(C(=O)c4ccn[nH]4)C3)noc2n1. The predicted octanol–water partition coefficient (Wildman–Crippen LogP) is 3.29. The number of fused-ring (bicyclic) bond motifs is 1. The van der Waals surface area contributed by atoms with E-state index in [9.17, 15) is 18.0 Å². The summed E-state index contributed by atoms with van der Waals surface area (Å²) in [6.45, 7) is 2.25. The Morgan fingerprint density at radius 3 is 2.93 bits per heavy atom. The highest BCUT2D eigenvalue weighted by molar-refractivity contribution is 5.92. The van der Waals surface area contributed by atoms with Gasteiger partial charge in [-0.2, -0.15) is 18.3 Å². The number of aryl methyl sites for hydroxylation is 1. The van der Waals surface area contributed by atoms with Crippen LogP contribution < -0.4 is 0 Å². The van der Waals surface area contributed by atoms with Gasteiger partial charge in [-0.25, -0.2) is 4.98 Å². The summed E-state index contributed by atoms with van der Waals surface area (Å²) in [6.07, 6.45) is -1.81. The van der Waals surface area contributed by atoms with Gasteiger partial charge in [-0.3, -0.25) is 9.89 Å². The van der Waals surface area contributed by atoms with Gasteiger partial charge in [-0.15, -0.1) is 0 Å². The molecule has 0 bridgehead atoms. The van der Waals surface area contributed by atoms with E-state index in [-0.39, 0.29) is 40.9 Å². The van der Waals surface area contributed by atoms with Crippen LogP contribution in [0.15, 0.2) is 22.9 Å². The number of aromatic nitrogens is 4. The van der Waals surface area contributed by atoms with E-state index in [1.807, 2.05) is 0 Å². The Morgan fingerprint density at radius 1 is 1.41 bits per heavy atom. The number of likely N-dealkylation sites (tertiary alicyclic amines) is 1. The van der Waals surface area contributed by atoms with Crippen LogP contribution in [0.4, 0.5) is 13.2 Å². The number of hydrogen-bond donors (Lipinski definition) is 1. The second-order valence-corrected chi connectivity index (χ2v) is 6.62. The summed E-state index contributed by atoms with van der Waals surface area (Å²) in [6, 6.07) is 2.56. The lowest BCUT2D eigenvalue weighted by atomic mass is 9.91. The van der Waals surface area contributed by atoms with E-state index in [1.54, 1.807) is 11.0 Å². The van der Waals surface area contributed by atoms with Gasteiger partial charge in [0.2, 0.25) is 0 Å². The predicted molar refractivity (Wildman–Crippen MR) is 88.0 cm³/mol. The molecule has 3 aromatic heterocycles. The molecule has 1 amide bonds. The van der Waals surface area contributed by atoms with Crippen LogP contribution in [0.25, 0.3) is 11.1 Å². The summed E-state index contributed by atoms with van der Waals surface area (Å²) in [5.41, 5.74) is -0.189. The number of nitrogens with zero attached hydrogens (tertiary/aromatic N) is 4. The molecular weight excluding hydrogens is 363 g/mol. The summed E-state index contributed by atoms with van der Waals surface area (Å²) < 4.78 is 45.7. The van der Waals surface area contributed by atoms with E-state index in [0.29, 0.717) is 25.1 Å². The summed E-state index contributed by atoms with van der Waals surface area (Å²) in [5.74, 6) is -0.604. The zero-order valence-corrected chi connectivity index (χ0v) is 14.4. The summed E-state index contributed by atoms with van der Waals surface area (Å²) in [5, 5.41) is 10.2. The number of alkyl halides is 3. The normalized spacial score (nSPS) is 18.2. The number of H-pyrrole nitrogens is 1. The summed E-state index contributed by atoms with van der Waals surface area (Å²) in [7, 11) is 0. The maximum atomic E-state index is 13.5. The van der Waals surface area contributed by atoms with Crippen LogP contribution >= 0.6 is 0 Å². The van der Waals surface area contributed by atoms with Crippen LogP contribution in [0.3, 0.4) is 0 Å². The van der Waals surface area contributed by atoms with Crippen molar-refractivity contribution in [3.63, 3.8) is 0 Å². The molecule has 27 heavy (non-hydrogen) atoms. The highest BCUT2D eigenvalue weighted by Gasteiger charge is 2.38. The van der Waals surface area contributed by atoms with Crippen LogP contribution in [0, 0.1) is 6.92 Å². The molecule has 1 fully saturated rings. The second kappa shape index (κ2) is 6.36. The Labute approximate surface area is 151 Å². The van der Waals surface area contributed by atoms with Crippen LogP contribution in [-0.4, -0.2) is 44.2 Å². The fourth-order valence-corrected chi connectivity index (χ4v) is 3.53. The topological polar surface area (TPSA) is 87.9 Å². The number of nitrogens with one attached hydrogen (secondary N) is 1. The minimum absolute atomic E-state index is 0.117. The van der Waals surface area contributed by atoms with Crippen molar-refractivity contribution in [3.05, 3.63) is 41.0 Å². The molecule has 0 spiro atoms. The Bertz CT molecular complexity index is 981. The minimum atomic E-state index is -4.55. The Kier molecular flexibility index (Phi) is 4.12. The van der Waals surface area contributed by atoms with E-state index in [1.165, 1.54) is 13.1 Å². The third kappa shape index (κ3) is 3.15. The molecule has 1 atom stereocenters. The monoisotopic (exact) mass is 379 g/mol. The maximum Gasteiger partial charge on any atom is 0.417 e. The summed E-state index contributed by atoms with van der Waals surface area (Å²) in [4.78, 5) is 18.2. The summed E-state index contributed by atoms with van der Waals surface area (Å²) >= 11 is 0. The van der Waals surface area contributed by atoms with Gasteiger partial charge in [0, 0.05) is 30.9 Å². The van der Waals surface area contributed by atoms with Crippen molar-refractivity contribution < 1.29 is 22.5 Å². The first-order valence-electron chi connectivity index (χ1n) is 8.47. The van der Waals surface area contributed by atoms with Crippen molar-refractivity contribution >= 4 is 17.0 Å². The number of amides is 1. The molecule has 1 aliphatic rings. The average molecular weight is 379 g/mol. The van der Waals surface area contributed by atoms with Crippen molar-refractivity contribution in [2.24, 2.45) is 0 Å². The van der Waals surface area contributed by atoms with Gasteiger partial charge in [0.25, 0.3) is 11.6 Å². The quantitative estimate of drug-likeness (QED) is 0.738. The lowest BCUT2D eigenvalue weighted by molar-refractivity contribution is -0.136. The number of hydrogen-bond acceptors (Lipinski definition) is 5. The largest absolute Gasteiger partial charge is 0.417 e. The number of piperidine rings is 1.